The van der Waals surface area contributed by atoms with Crippen LogP contribution in [0.1, 0.15) is 16.1 Å². The second-order valence-corrected chi connectivity index (χ2v) is 3.80. The molecule has 4 nitrogen and oxygen atoms in total. The molecule has 0 fully saturated rings. The molecule has 1 aromatic heterocycles. The number of carbonyl (C=O) groups is 1. The fourth-order valence-corrected chi connectivity index (χ4v) is 1.51. The van der Waals surface area contributed by atoms with Crippen LogP contribution in [0.4, 0.5) is 0 Å². The van der Waals surface area contributed by atoms with E-state index < -0.39 is 17.0 Å². The van der Waals surface area contributed by atoms with Gasteiger partial charge in [0.2, 0.25) is 5.43 Å². The Bertz CT molecular complexity index is 678. The molecule has 0 spiro atoms. The second kappa shape index (κ2) is 5.73. The minimum Gasteiger partial charge on any atom is -0.504 e. The van der Waals surface area contributed by atoms with Gasteiger partial charge in [0.05, 0.1) is 11.3 Å². The molecule has 2 rings (SSSR count). The van der Waals surface area contributed by atoms with Gasteiger partial charge in [-0.05, 0) is 36.4 Å². The van der Waals surface area contributed by atoms with E-state index in [1.165, 1.54) is 36.4 Å². The summed E-state index contributed by atoms with van der Waals surface area (Å²) < 4.78 is 0. The molecular formula is C15H11NO3. The van der Waals surface area contributed by atoms with Gasteiger partial charge in [-0.15, -0.1) is 0 Å². The average Bonchev–Trinajstić information content (AvgIpc) is 2.60. The first-order valence-corrected chi connectivity index (χ1v) is 5.64. The number of rotatable bonds is 3. The molecule has 0 saturated heterocycles. The van der Waals surface area contributed by atoms with Gasteiger partial charge in [0.25, 0.3) is 0 Å². The summed E-state index contributed by atoms with van der Waals surface area (Å²) in [6.07, 6.45) is 4.41. The molecule has 0 aliphatic carbocycles. The number of nitrogens with zero attached hydrogens (tertiary/aromatic N) is 1. The summed E-state index contributed by atoms with van der Waals surface area (Å²) >= 11 is 0. The molecule has 0 unspecified atom stereocenters. The molecule has 4 heteroatoms. The van der Waals surface area contributed by atoms with Crippen LogP contribution >= 0.6 is 0 Å². The number of aromatic hydroxyl groups is 1. The molecule has 94 valence electrons. The Morgan fingerprint density at radius 2 is 1.84 bits per heavy atom. The number of carbonyl (C=O) groups excluding carboxylic acids is 1. The van der Waals surface area contributed by atoms with E-state index in [4.69, 9.17) is 0 Å². The first-order chi connectivity index (χ1) is 9.18. The Morgan fingerprint density at radius 1 is 1.11 bits per heavy atom. The van der Waals surface area contributed by atoms with E-state index in [-0.39, 0.29) is 5.56 Å². The third kappa shape index (κ3) is 3.13. The monoisotopic (exact) mass is 253 g/mol. The van der Waals surface area contributed by atoms with Crippen molar-refractivity contribution in [2.24, 2.45) is 0 Å². The predicted octanol–water partition coefficient (Wildman–Crippen LogP) is 2.04. The highest BCUT2D eigenvalue weighted by atomic mass is 16.3. The molecule has 0 aliphatic rings. The Morgan fingerprint density at radius 3 is 2.58 bits per heavy atom. The lowest BCUT2D eigenvalue weighted by Crippen LogP contribution is -2.01. The molecule has 1 heterocycles. The van der Waals surface area contributed by atoms with E-state index in [1.54, 1.807) is 24.4 Å². The summed E-state index contributed by atoms with van der Waals surface area (Å²) in [7, 11) is 0. The summed E-state index contributed by atoms with van der Waals surface area (Å²) in [5.74, 6) is -0.989. The highest BCUT2D eigenvalue weighted by Crippen LogP contribution is 2.11. The molecular weight excluding hydrogens is 242 g/mol. The van der Waals surface area contributed by atoms with E-state index in [2.05, 4.69) is 4.98 Å². The molecule has 1 aromatic carbocycles. The Balaban J connectivity index is 2.32. The molecule has 2 aromatic rings. The highest BCUT2D eigenvalue weighted by Gasteiger charge is 2.09. The first-order valence-electron chi connectivity index (χ1n) is 5.64. The van der Waals surface area contributed by atoms with Gasteiger partial charge in [-0.25, -0.2) is 0 Å². The Labute approximate surface area is 109 Å². The van der Waals surface area contributed by atoms with Crippen LogP contribution < -0.4 is 5.43 Å². The summed E-state index contributed by atoms with van der Waals surface area (Å²) in [5, 5.41) is 9.64. The molecule has 0 bridgehead atoms. The van der Waals surface area contributed by atoms with Crippen LogP contribution in [0.2, 0.25) is 0 Å². The van der Waals surface area contributed by atoms with Crippen molar-refractivity contribution in [1.82, 2.24) is 4.98 Å². The fourth-order valence-electron chi connectivity index (χ4n) is 1.51. The van der Waals surface area contributed by atoms with E-state index in [9.17, 15) is 14.7 Å². The third-order valence-electron chi connectivity index (χ3n) is 2.47. The SMILES string of the molecule is O=C(/C=C\c1ccccn1)c1ccccc(=O)c1O. The van der Waals surface area contributed by atoms with Gasteiger partial charge < -0.3 is 5.11 Å². The maximum absolute atomic E-state index is 11.9. The molecule has 19 heavy (non-hydrogen) atoms. The van der Waals surface area contributed by atoms with E-state index in [0.29, 0.717) is 5.69 Å². The molecule has 0 amide bonds. The van der Waals surface area contributed by atoms with E-state index in [0.717, 1.165) is 0 Å². The average molecular weight is 253 g/mol. The van der Waals surface area contributed by atoms with E-state index >= 15 is 0 Å². The zero-order valence-electron chi connectivity index (χ0n) is 9.98. The van der Waals surface area contributed by atoms with Gasteiger partial charge >= 0.3 is 0 Å². The minimum absolute atomic E-state index is 0.0258. The molecule has 0 saturated carbocycles. The summed E-state index contributed by atoms with van der Waals surface area (Å²) in [6, 6.07) is 10.9. The van der Waals surface area contributed by atoms with Gasteiger partial charge in [-0.2, -0.15) is 0 Å². The van der Waals surface area contributed by atoms with Crippen molar-refractivity contribution in [3.8, 4) is 5.75 Å². The molecule has 0 atom stereocenters. The van der Waals surface area contributed by atoms with Crippen molar-refractivity contribution in [2.75, 3.05) is 0 Å². The van der Waals surface area contributed by atoms with Crippen LogP contribution in [0.5, 0.6) is 5.75 Å². The normalized spacial score (nSPS) is 10.5. The van der Waals surface area contributed by atoms with Crippen LogP contribution in [-0.2, 0) is 0 Å². The van der Waals surface area contributed by atoms with Crippen LogP contribution in [0.3, 0.4) is 0 Å². The largest absolute Gasteiger partial charge is 0.504 e. The summed E-state index contributed by atoms with van der Waals surface area (Å²) in [4.78, 5) is 27.3. The first kappa shape index (κ1) is 12.7. The predicted molar refractivity (Wildman–Crippen MR) is 72.0 cm³/mol. The second-order valence-electron chi connectivity index (χ2n) is 3.80. The summed E-state index contributed by atoms with van der Waals surface area (Å²) in [6.45, 7) is 0. The Hall–Kier alpha value is -2.75. The smallest absolute Gasteiger partial charge is 0.220 e. The topological polar surface area (TPSA) is 67.3 Å². The van der Waals surface area contributed by atoms with Gasteiger partial charge in [0.1, 0.15) is 0 Å². The van der Waals surface area contributed by atoms with Crippen LogP contribution in [0.25, 0.3) is 6.08 Å². The summed E-state index contributed by atoms with van der Waals surface area (Å²) in [5.41, 5.74) is 0.0137. The van der Waals surface area contributed by atoms with Crippen molar-refractivity contribution >= 4 is 11.9 Å². The molecule has 1 N–H and O–H groups in total. The van der Waals surface area contributed by atoms with Crippen molar-refractivity contribution in [2.45, 2.75) is 0 Å². The number of pyridine rings is 1. The number of hydrogen-bond donors (Lipinski definition) is 1. The maximum Gasteiger partial charge on any atom is 0.220 e. The third-order valence-corrected chi connectivity index (χ3v) is 2.47. The van der Waals surface area contributed by atoms with Crippen molar-refractivity contribution in [3.63, 3.8) is 0 Å². The standard InChI is InChI=1S/C15H11NO3/c17-13(9-8-11-5-3-4-10-16-11)12-6-1-2-7-14(18)15(12)19/h1-10H,(H,18,19)/b9-8-. The number of allylic oxidation sites excluding steroid dienone is 1. The van der Waals surface area contributed by atoms with Crippen molar-refractivity contribution < 1.29 is 9.90 Å². The van der Waals surface area contributed by atoms with Gasteiger partial charge in [-0.1, -0.05) is 18.2 Å². The molecule has 0 radical (unpaired) electrons. The van der Waals surface area contributed by atoms with Crippen molar-refractivity contribution in [1.29, 1.82) is 0 Å². The lowest BCUT2D eigenvalue weighted by molar-refractivity contribution is 0.104. The minimum atomic E-state index is -0.584. The van der Waals surface area contributed by atoms with Crippen LogP contribution in [0.15, 0.2) is 59.5 Å². The zero-order valence-corrected chi connectivity index (χ0v) is 9.98. The highest BCUT2D eigenvalue weighted by molar-refractivity contribution is 6.08. The number of hydrogen-bond acceptors (Lipinski definition) is 4. The maximum atomic E-state index is 11.9. The van der Waals surface area contributed by atoms with Crippen molar-refractivity contribution in [3.05, 3.63) is 76.2 Å². The number of ketones is 1. The Kier molecular flexibility index (Phi) is 3.83. The number of aromatic nitrogens is 1. The van der Waals surface area contributed by atoms with E-state index in [1.807, 2.05) is 0 Å². The van der Waals surface area contributed by atoms with Gasteiger partial charge in [-0.3, -0.25) is 14.6 Å². The quantitative estimate of drug-likeness (QED) is 0.671. The zero-order chi connectivity index (χ0) is 13.7. The van der Waals surface area contributed by atoms with Crippen LogP contribution in [-0.4, -0.2) is 15.9 Å². The molecule has 0 aliphatic heterocycles. The lowest BCUT2D eigenvalue weighted by atomic mass is 10.1. The lowest BCUT2D eigenvalue weighted by Gasteiger charge is -1.95. The van der Waals surface area contributed by atoms with Gasteiger partial charge in [0, 0.05) is 6.20 Å². The fraction of sp³-hybridized carbons (Fsp3) is 0. The van der Waals surface area contributed by atoms with Gasteiger partial charge in [0.15, 0.2) is 11.5 Å². The van der Waals surface area contributed by atoms with Crippen LogP contribution in [0, 0.1) is 0 Å².